The summed E-state index contributed by atoms with van der Waals surface area (Å²) in [5, 5.41) is 1.38. The molecule has 0 fully saturated rings. The van der Waals surface area contributed by atoms with Crippen molar-refractivity contribution in [3.05, 3.63) is 24.3 Å². The van der Waals surface area contributed by atoms with Crippen LogP contribution in [-0.4, -0.2) is 25.8 Å². The average molecular weight is 279 g/mol. The van der Waals surface area contributed by atoms with E-state index in [1.807, 2.05) is 0 Å². The first-order valence-electron chi connectivity index (χ1n) is 4.66. The van der Waals surface area contributed by atoms with Crippen molar-refractivity contribution in [2.24, 2.45) is 0 Å². The summed E-state index contributed by atoms with van der Waals surface area (Å²) >= 11 is 0. The van der Waals surface area contributed by atoms with Crippen LogP contribution in [0.1, 0.15) is 6.92 Å². The van der Waals surface area contributed by atoms with Gasteiger partial charge >= 0.3 is 0 Å². The summed E-state index contributed by atoms with van der Waals surface area (Å²) in [7, 11) is -3.39. The highest BCUT2D eigenvalue weighted by Gasteiger charge is 2.23. The number of amides is 1. The molecule has 1 amide bonds. The number of hydrogen-bond acceptors (Lipinski definition) is 4. The Morgan fingerprint density at radius 1 is 1.35 bits per heavy atom. The number of sulfone groups is 1. The first-order chi connectivity index (χ1) is 7.32. The van der Waals surface area contributed by atoms with Gasteiger partial charge in [-0.25, -0.2) is 8.42 Å². The van der Waals surface area contributed by atoms with Crippen LogP contribution in [-0.2, 0) is 14.6 Å². The van der Waals surface area contributed by atoms with Crippen molar-refractivity contribution in [1.82, 2.24) is 0 Å². The fourth-order valence-corrected chi connectivity index (χ4v) is 1.49. The van der Waals surface area contributed by atoms with Crippen molar-refractivity contribution in [3.8, 4) is 0 Å². The molecule has 0 heterocycles. The maximum Gasteiger partial charge on any atom is 0.242 e. The van der Waals surface area contributed by atoms with Gasteiger partial charge in [-0.05, 0) is 19.1 Å². The topological polar surface area (TPSA) is 89.3 Å². The van der Waals surface area contributed by atoms with Crippen LogP contribution < -0.4 is 11.1 Å². The number of carbonyl (C=O) groups is 1. The molecule has 17 heavy (non-hydrogen) atoms. The van der Waals surface area contributed by atoms with E-state index in [1.54, 1.807) is 24.3 Å². The molecule has 1 rings (SSSR count). The molecule has 0 spiro atoms. The fraction of sp³-hybridized carbons (Fsp3) is 0.300. The molecule has 0 saturated heterocycles. The van der Waals surface area contributed by atoms with Gasteiger partial charge in [0.15, 0.2) is 9.84 Å². The standard InChI is InChI=1S/C10H14N2O3S.ClH/c1-7(16(2,14)15)10(13)12-9-6-4-3-5-8(9)11;/h3-7H,11H2,1-2H3,(H,12,13);1H. The number of hydrogen-bond donors (Lipinski definition) is 2. The van der Waals surface area contributed by atoms with E-state index in [4.69, 9.17) is 5.73 Å². The Balaban J connectivity index is 0.00000256. The molecule has 1 atom stereocenters. The Morgan fingerprint density at radius 3 is 2.35 bits per heavy atom. The van der Waals surface area contributed by atoms with Gasteiger partial charge in [-0.3, -0.25) is 4.79 Å². The van der Waals surface area contributed by atoms with Crippen molar-refractivity contribution in [3.63, 3.8) is 0 Å². The normalized spacial score (nSPS) is 12.4. The number of anilines is 2. The Hall–Kier alpha value is -1.27. The van der Waals surface area contributed by atoms with Crippen LogP contribution in [0.3, 0.4) is 0 Å². The van der Waals surface area contributed by atoms with E-state index in [1.165, 1.54) is 6.92 Å². The van der Waals surface area contributed by atoms with E-state index in [-0.39, 0.29) is 12.4 Å². The third kappa shape index (κ3) is 4.24. The highest BCUT2D eigenvalue weighted by atomic mass is 35.5. The highest BCUT2D eigenvalue weighted by Crippen LogP contribution is 2.17. The molecule has 7 heteroatoms. The van der Waals surface area contributed by atoms with Gasteiger partial charge < -0.3 is 11.1 Å². The smallest absolute Gasteiger partial charge is 0.242 e. The van der Waals surface area contributed by atoms with Crippen molar-refractivity contribution in [1.29, 1.82) is 0 Å². The number of halogens is 1. The SMILES string of the molecule is CC(C(=O)Nc1ccccc1N)S(C)(=O)=O.Cl. The summed E-state index contributed by atoms with van der Waals surface area (Å²) in [5.41, 5.74) is 6.43. The zero-order valence-electron chi connectivity index (χ0n) is 9.51. The van der Waals surface area contributed by atoms with E-state index in [0.29, 0.717) is 11.4 Å². The van der Waals surface area contributed by atoms with E-state index in [0.717, 1.165) is 6.26 Å². The summed E-state index contributed by atoms with van der Waals surface area (Å²) in [6, 6.07) is 6.67. The number of benzene rings is 1. The third-order valence-corrected chi connectivity index (χ3v) is 3.73. The lowest BCUT2D eigenvalue weighted by molar-refractivity contribution is -0.115. The van der Waals surface area contributed by atoms with E-state index < -0.39 is 21.0 Å². The number of para-hydroxylation sites is 2. The van der Waals surface area contributed by atoms with Gasteiger partial charge in [0.2, 0.25) is 5.91 Å². The molecule has 3 N–H and O–H groups in total. The second-order valence-corrected chi connectivity index (χ2v) is 5.91. The summed E-state index contributed by atoms with van der Waals surface area (Å²) < 4.78 is 22.3. The summed E-state index contributed by atoms with van der Waals surface area (Å²) in [6.45, 7) is 1.34. The van der Waals surface area contributed by atoms with Gasteiger partial charge in [-0.2, -0.15) is 0 Å². The fourth-order valence-electron chi connectivity index (χ4n) is 1.04. The van der Waals surface area contributed by atoms with Crippen molar-refractivity contribution >= 4 is 39.5 Å². The number of nitrogens with one attached hydrogen (secondary N) is 1. The zero-order valence-corrected chi connectivity index (χ0v) is 11.1. The van der Waals surface area contributed by atoms with Crippen LogP contribution in [0.25, 0.3) is 0 Å². The third-order valence-electron chi connectivity index (χ3n) is 2.23. The molecule has 0 bridgehead atoms. The average Bonchev–Trinajstić information content (AvgIpc) is 2.19. The van der Waals surface area contributed by atoms with Gasteiger partial charge in [0, 0.05) is 6.26 Å². The summed E-state index contributed by atoms with van der Waals surface area (Å²) in [5.74, 6) is -0.583. The Labute approximate surface area is 107 Å². The van der Waals surface area contributed by atoms with Gasteiger partial charge in [0.25, 0.3) is 0 Å². The minimum absolute atomic E-state index is 0. The number of nitrogens with two attached hydrogens (primary N) is 1. The Morgan fingerprint density at radius 2 is 1.88 bits per heavy atom. The molecule has 0 aromatic heterocycles. The Kier molecular flexibility index (Phi) is 5.44. The minimum Gasteiger partial charge on any atom is -0.397 e. The molecular formula is C10H15ClN2O3S. The number of nitrogen functional groups attached to an aromatic ring is 1. The van der Waals surface area contributed by atoms with Crippen molar-refractivity contribution < 1.29 is 13.2 Å². The minimum atomic E-state index is -3.39. The van der Waals surface area contributed by atoms with Crippen LogP contribution in [0, 0.1) is 0 Å². The molecule has 1 aromatic rings. The van der Waals surface area contributed by atoms with Crippen LogP contribution in [0.2, 0.25) is 0 Å². The summed E-state index contributed by atoms with van der Waals surface area (Å²) in [6.07, 6.45) is 1.02. The van der Waals surface area contributed by atoms with E-state index in [9.17, 15) is 13.2 Å². The maximum absolute atomic E-state index is 11.6. The number of carbonyl (C=O) groups excluding carboxylic acids is 1. The van der Waals surface area contributed by atoms with Gasteiger partial charge in [-0.1, -0.05) is 12.1 Å². The molecule has 0 aliphatic carbocycles. The predicted molar refractivity (Wildman–Crippen MR) is 71.0 cm³/mol. The lowest BCUT2D eigenvalue weighted by atomic mass is 10.2. The van der Waals surface area contributed by atoms with Crippen molar-refractivity contribution in [2.75, 3.05) is 17.3 Å². The lowest BCUT2D eigenvalue weighted by Gasteiger charge is -2.11. The van der Waals surface area contributed by atoms with Crippen LogP contribution in [0.15, 0.2) is 24.3 Å². The molecule has 1 unspecified atom stereocenters. The maximum atomic E-state index is 11.6. The Bertz CT molecular complexity index is 502. The monoisotopic (exact) mass is 278 g/mol. The highest BCUT2D eigenvalue weighted by molar-refractivity contribution is 7.92. The van der Waals surface area contributed by atoms with Crippen LogP contribution in [0.5, 0.6) is 0 Å². The first-order valence-corrected chi connectivity index (χ1v) is 6.62. The largest absolute Gasteiger partial charge is 0.397 e. The molecule has 96 valence electrons. The van der Waals surface area contributed by atoms with Crippen LogP contribution in [0.4, 0.5) is 11.4 Å². The van der Waals surface area contributed by atoms with Gasteiger partial charge in [0.05, 0.1) is 11.4 Å². The molecule has 0 saturated carbocycles. The molecule has 0 aliphatic rings. The summed E-state index contributed by atoms with van der Waals surface area (Å²) in [4.78, 5) is 11.6. The van der Waals surface area contributed by atoms with Gasteiger partial charge in [0.1, 0.15) is 5.25 Å². The van der Waals surface area contributed by atoms with Crippen molar-refractivity contribution in [2.45, 2.75) is 12.2 Å². The second-order valence-electron chi connectivity index (χ2n) is 3.55. The van der Waals surface area contributed by atoms with Crippen LogP contribution >= 0.6 is 12.4 Å². The predicted octanol–water partition coefficient (Wildman–Crippen LogP) is 1.06. The first kappa shape index (κ1) is 15.7. The number of rotatable bonds is 3. The van der Waals surface area contributed by atoms with E-state index in [2.05, 4.69) is 5.32 Å². The van der Waals surface area contributed by atoms with E-state index >= 15 is 0 Å². The zero-order chi connectivity index (χ0) is 12.3. The quantitative estimate of drug-likeness (QED) is 0.809. The van der Waals surface area contributed by atoms with Gasteiger partial charge in [-0.15, -0.1) is 12.4 Å². The molecule has 1 aromatic carbocycles. The second kappa shape index (κ2) is 5.88. The molecule has 0 radical (unpaired) electrons. The molecule has 5 nitrogen and oxygen atoms in total. The molecule has 0 aliphatic heterocycles. The molecular weight excluding hydrogens is 264 g/mol. The lowest BCUT2D eigenvalue weighted by Crippen LogP contribution is -2.32.